The van der Waals surface area contributed by atoms with Crippen molar-refractivity contribution in [2.75, 3.05) is 18.9 Å². The number of hydrogen-bond donors (Lipinski definition) is 3. The molecule has 1 aliphatic heterocycles. The van der Waals surface area contributed by atoms with Crippen molar-refractivity contribution >= 4 is 29.0 Å². The summed E-state index contributed by atoms with van der Waals surface area (Å²) < 4.78 is 17.2. The number of aliphatic hydroxyl groups is 1. The summed E-state index contributed by atoms with van der Waals surface area (Å²) in [5.74, 6) is -4.49. The molecule has 4 atom stereocenters. The summed E-state index contributed by atoms with van der Waals surface area (Å²) in [6.45, 7) is 6.75. The van der Waals surface area contributed by atoms with E-state index in [9.17, 15) is 14.7 Å². The van der Waals surface area contributed by atoms with Gasteiger partial charge < -0.3 is 20.6 Å². The minimum absolute atomic E-state index is 0.0151. The second-order valence-electron chi connectivity index (χ2n) is 9.61. The van der Waals surface area contributed by atoms with Crippen molar-refractivity contribution in [3.8, 4) is 10.4 Å². The van der Waals surface area contributed by atoms with Crippen LogP contribution in [0.25, 0.3) is 10.4 Å². The van der Waals surface area contributed by atoms with Crippen LogP contribution in [0.15, 0.2) is 36.0 Å². The highest BCUT2D eigenvalue weighted by Crippen LogP contribution is 2.34. The van der Waals surface area contributed by atoms with Gasteiger partial charge in [0.05, 0.1) is 34.4 Å². The molecule has 1 aromatic carbocycles. The third-order valence-corrected chi connectivity index (χ3v) is 7.75. The van der Waals surface area contributed by atoms with Crippen LogP contribution in [0.5, 0.6) is 0 Å². The number of β-amino-alcohol motifs (C(OH)–C–C–N with tert-alkyl or cyclic N) is 1. The molecule has 3 N–H and O–H groups in total. The van der Waals surface area contributed by atoms with E-state index >= 15 is 4.39 Å². The quantitative estimate of drug-likeness (QED) is 0.410. The molecule has 1 unspecified atom stereocenters. The zero-order valence-electron chi connectivity index (χ0n) is 21.5. The molecule has 12 heteroatoms. The first-order valence-electron chi connectivity index (χ1n) is 12.2. The highest BCUT2D eigenvalue weighted by molar-refractivity contribution is 7.13. The molecule has 3 heterocycles. The van der Waals surface area contributed by atoms with Gasteiger partial charge in [-0.15, -0.1) is 16.4 Å². The molecule has 4 rings (SSSR count). The Labute approximate surface area is 218 Å². The predicted octanol–water partition coefficient (Wildman–Crippen LogP) is 2.87. The molecule has 3 aromatic rings. The van der Waals surface area contributed by atoms with E-state index < -0.39 is 35.7 Å². The minimum Gasteiger partial charge on any atom is -0.391 e. The van der Waals surface area contributed by atoms with Gasteiger partial charge in [0, 0.05) is 25.9 Å². The van der Waals surface area contributed by atoms with E-state index in [1.807, 2.05) is 38.1 Å². The molecule has 0 saturated carbocycles. The van der Waals surface area contributed by atoms with E-state index in [-0.39, 0.29) is 19.0 Å². The molecule has 10 nitrogen and oxygen atoms in total. The van der Waals surface area contributed by atoms with Crippen LogP contribution >= 0.6 is 11.3 Å². The van der Waals surface area contributed by atoms with Crippen LogP contribution in [0.4, 0.5) is 10.2 Å². The fourth-order valence-electron chi connectivity index (χ4n) is 4.53. The molecule has 1 fully saturated rings. The van der Waals surface area contributed by atoms with Gasteiger partial charge in [0.2, 0.25) is 5.91 Å². The summed E-state index contributed by atoms with van der Waals surface area (Å²) in [5, 5.41) is 23.6. The Kier molecular flexibility index (Phi) is 7.60. The van der Waals surface area contributed by atoms with Gasteiger partial charge in [-0.05, 0) is 25.0 Å². The lowest BCUT2D eigenvalue weighted by Crippen LogP contribution is -2.55. The molecule has 0 bridgehead atoms. The third-order valence-electron chi connectivity index (χ3n) is 6.77. The Hall–Kier alpha value is -3.38. The second-order valence-corrected chi connectivity index (χ2v) is 10.5. The molecule has 2 amide bonds. The van der Waals surface area contributed by atoms with Gasteiger partial charge >= 0.3 is 0 Å². The Bertz CT molecular complexity index is 1260. The maximum atomic E-state index is 16.3. The van der Waals surface area contributed by atoms with Crippen LogP contribution in [0.3, 0.4) is 0 Å². The summed E-state index contributed by atoms with van der Waals surface area (Å²) in [4.78, 5) is 33.3. The van der Waals surface area contributed by atoms with Gasteiger partial charge in [-0.25, -0.2) is 14.1 Å². The van der Waals surface area contributed by atoms with Crippen LogP contribution in [-0.2, 0) is 15.4 Å². The number of aryl methyl sites for hydroxylation is 1. The number of carbonyl (C=O) groups excluding carboxylic acids is 2. The first-order valence-corrected chi connectivity index (χ1v) is 13.0. The molecular weight excluding hydrogens is 497 g/mol. The van der Waals surface area contributed by atoms with E-state index in [0.29, 0.717) is 5.82 Å². The number of anilines is 1. The van der Waals surface area contributed by atoms with Gasteiger partial charge in [0.25, 0.3) is 11.7 Å². The first-order chi connectivity index (χ1) is 17.6. The number of thiazole rings is 1. The average molecular weight is 530 g/mol. The number of nitrogens with one attached hydrogen (secondary N) is 2. The molecule has 1 aliphatic rings. The topological polar surface area (TPSA) is 125 Å². The number of rotatable bonds is 8. The Morgan fingerprint density at radius 3 is 2.51 bits per heavy atom. The maximum Gasteiger partial charge on any atom is 0.284 e. The van der Waals surface area contributed by atoms with Gasteiger partial charge in [0.1, 0.15) is 6.04 Å². The van der Waals surface area contributed by atoms with Crippen molar-refractivity contribution in [3.05, 3.63) is 47.2 Å². The van der Waals surface area contributed by atoms with Gasteiger partial charge in [0.15, 0.2) is 5.82 Å². The lowest BCUT2D eigenvalue weighted by molar-refractivity contribution is -0.161. The van der Waals surface area contributed by atoms with Crippen LogP contribution < -0.4 is 10.6 Å². The number of halogens is 1. The zero-order chi connectivity index (χ0) is 26.9. The maximum absolute atomic E-state index is 16.3. The Morgan fingerprint density at radius 2 is 1.95 bits per heavy atom. The van der Waals surface area contributed by atoms with E-state index in [4.69, 9.17) is 0 Å². The van der Waals surface area contributed by atoms with Gasteiger partial charge in [-0.1, -0.05) is 43.3 Å². The van der Waals surface area contributed by atoms with E-state index in [0.717, 1.165) is 31.3 Å². The van der Waals surface area contributed by atoms with Crippen molar-refractivity contribution in [1.29, 1.82) is 0 Å². The molecule has 0 aliphatic carbocycles. The fraction of sp³-hybridized carbons (Fsp3) is 0.480. The van der Waals surface area contributed by atoms with E-state index in [1.54, 1.807) is 37.7 Å². The van der Waals surface area contributed by atoms with Crippen LogP contribution in [0.2, 0.25) is 0 Å². The average Bonchev–Trinajstić information content (AvgIpc) is 3.62. The van der Waals surface area contributed by atoms with Crippen molar-refractivity contribution < 1.29 is 19.1 Å². The van der Waals surface area contributed by atoms with Crippen LogP contribution in [0.1, 0.15) is 44.5 Å². The summed E-state index contributed by atoms with van der Waals surface area (Å²) in [7, 11) is 1.61. The SMILES string of the molecule is CNc1cn(C(F)(C(=O)N2C[C@H](O)C[C@H]2C(=O)N[C@@H](C)c2ccc(-c3scnc3C)cc2)C(C)C)nn1. The zero-order valence-corrected chi connectivity index (χ0v) is 22.3. The predicted molar refractivity (Wildman–Crippen MR) is 138 cm³/mol. The molecule has 0 radical (unpaired) electrons. The largest absolute Gasteiger partial charge is 0.391 e. The molecule has 1 saturated heterocycles. The van der Waals surface area contributed by atoms with Crippen molar-refractivity contribution in [1.82, 2.24) is 30.2 Å². The number of aromatic nitrogens is 4. The standard InChI is InChI=1S/C25H32FN7O3S/c1-14(2)25(26,33-12-21(27-5)30-31-33)24(36)32-11-19(34)10-20(32)23(35)29-15(3)17-6-8-18(9-7-17)22-16(4)28-13-37-22/h6-9,12-15,19-20,27,34H,10-11H2,1-5H3,(H,29,35)/t15-,19+,20-,25?/m0/s1. The van der Waals surface area contributed by atoms with Crippen molar-refractivity contribution in [2.24, 2.45) is 5.92 Å². The lowest BCUT2D eigenvalue weighted by atomic mass is 9.99. The summed E-state index contributed by atoms with van der Waals surface area (Å²) >= 11 is 1.57. The molecule has 2 aromatic heterocycles. The van der Waals surface area contributed by atoms with Gasteiger partial charge in [-0.3, -0.25) is 9.59 Å². The normalized spacial score (nSPS) is 20.1. The lowest BCUT2D eigenvalue weighted by Gasteiger charge is -2.34. The van der Waals surface area contributed by atoms with Crippen LogP contribution in [-0.4, -0.2) is 67.5 Å². The number of amides is 2. The third kappa shape index (κ3) is 5.08. The number of hydrogen-bond acceptors (Lipinski definition) is 8. The number of carbonyl (C=O) groups is 2. The highest BCUT2D eigenvalue weighted by atomic mass is 32.1. The summed E-state index contributed by atoms with van der Waals surface area (Å²) in [5.41, 5.74) is 4.68. The Balaban J connectivity index is 1.51. The number of aliphatic hydroxyl groups excluding tert-OH is 1. The van der Waals surface area contributed by atoms with Crippen molar-refractivity contribution in [3.63, 3.8) is 0 Å². The fourth-order valence-corrected chi connectivity index (χ4v) is 5.34. The van der Waals surface area contributed by atoms with E-state index in [2.05, 4.69) is 25.9 Å². The first kappa shape index (κ1) is 26.7. The minimum atomic E-state index is -2.58. The number of alkyl halides is 1. The monoisotopic (exact) mass is 529 g/mol. The van der Waals surface area contributed by atoms with Crippen molar-refractivity contribution in [2.45, 2.75) is 58.1 Å². The number of likely N-dealkylation sites (tertiary alicyclic amines) is 1. The second kappa shape index (κ2) is 10.5. The summed E-state index contributed by atoms with van der Waals surface area (Å²) in [6, 6.07) is 6.43. The van der Waals surface area contributed by atoms with Crippen LogP contribution in [0, 0.1) is 12.8 Å². The number of nitrogens with zero attached hydrogens (tertiary/aromatic N) is 5. The summed E-state index contributed by atoms with van der Waals surface area (Å²) in [6.07, 6.45) is 0.372. The molecule has 198 valence electrons. The van der Waals surface area contributed by atoms with Gasteiger partial charge in [-0.2, -0.15) is 0 Å². The highest BCUT2D eigenvalue weighted by Gasteiger charge is 2.52. The molecule has 37 heavy (non-hydrogen) atoms. The smallest absolute Gasteiger partial charge is 0.284 e. The van der Waals surface area contributed by atoms with E-state index in [1.165, 1.54) is 6.20 Å². The Morgan fingerprint density at radius 1 is 1.24 bits per heavy atom. The molecule has 0 spiro atoms. The number of benzene rings is 1. The molecular formula is C25H32FN7O3S.